The first-order chi connectivity index (χ1) is 6.13. The van der Waals surface area contributed by atoms with Crippen LogP contribution in [0.25, 0.3) is 0 Å². The van der Waals surface area contributed by atoms with Crippen LogP contribution in [0.3, 0.4) is 0 Å². The lowest BCUT2D eigenvalue weighted by Crippen LogP contribution is -2.14. The van der Waals surface area contributed by atoms with Crippen molar-refractivity contribution in [1.82, 2.24) is 0 Å². The molecule has 0 fully saturated rings. The normalized spacial score (nSPS) is 18.4. The SMILES string of the molecule is COc1ccc2c(c1)C(C)(C)OC2. The van der Waals surface area contributed by atoms with Gasteiger partial charge in [-0.1, -0.05) is 6.07 Å². The molecule has 0 aliphatic carbocycles. The molecule has 1 heterocycles. The van der Waals surface area contributed by atoms with Crippen molar-refractivity contribution in [2.24, 2.45) is 0 Å². The largest absolute Gasteiger partial charge is 0.497 e. The summed E-state index contributed by atoms with van der Waals surface area (Å²) >= 11 is 0. The van der Waals surface area contributed by atoms with Crippen LogP contribution in [0.1, 0.15) is 25.0 Å². The quantitative estimate of drug-likeness (QED) is 0.657. The number of methoxy groups -OCH3 is 1. The van der Waals surface area contributed by atoms with Crippen LogP contribution < -0.4 is 4.74 Å². The molecule has 0 N–H and O–H groups in total. The molecular formula is C11H14O2. The molecule has 1 aromatic carbocycles. The maximum atomic E-state index is 5.65. The summed E-state index contributed by atoms with van der Waals surface area (Å²) < 4.78 is 10.8. The smallest absolute Gasteiger partial charge is 0.119 e. The molecule has 0 unspecified atom stereocenters. The Morgan fingerprint density at radius 3 is 2.85 bits per heavy atom. The molecule has 0 saturated heterocycles. The van der Waals surface area contributed by atoms with E-state index in [0.29, 0.717) is 6.61 Å². The van der Waals surface area contributed by atoms with Gasteiger partial charge in [-0.25, -0.2) is 0 Å². The highest BCUT2D eigenvalue weighted by atomic mass is 16.5. The first kappa shape index (κ1) is 8.57. The van der Waals surface area contributed by atoms with Gasteiger partial charge < -0.3 is 9.47 Å². The molecule has 2 nitrogen and oxygen atoms in total. The molecule has 13 heavy (non-hydrogen) atoms. The summed E-state index contributed by atoms with van der Waals surface area (Å²) in [7, 11) is 1.69. The van der Waals surface area contributed by atoms with E-state index in [9.17, 15) is 0 Å². The molecule has 2 rings (SSSR count). The second kappa shape index (κ2) is 2.74. The average Bonchev–Trinajstić information content (AvgIpc) is 2.42. The molecule has 0 atom stereocenters. The van der Waals surface area contributed by atoms with Gasteiger partial charge in [-0.3, -0.25) is 0 Å². The lowest BCUT2D eigenvalue weighted by molar-refractivity contribution is -0.00795. The molecule has 1 aliphatic heterocycles. The fourth-order valence-corrected chi connectivity index (χ4v) is 1.70. The van der Waals surface area contributed by atoms with E-state index in [1.54, 1.807) is 7.11 Å². The maximum absolute atomic E-state index is 5.65. The third-order valence-electron chi connectivity index (χ3n) is 2.55. The Morgan fingerprint density at radius 2 is 2.15 bits per heavy atom. The van der Waals surface area contributed by atoms with Crippen LogP contribution in [0.15, 0.2) is 18.2 Å². The highest BCUT2D eigenvalue weighted by molar-refractivity contribution is 5.40. The molecular weight excluding hydrogens is 164 g/mol. The van der Waals surface area contributed by atoms with E-state index in [0.717, 1.165) is 5.75 Å². The number of hydrogen-bond donors (Lipinski definition) is 0. The lowest BCUT2D eigenvalue weighted by atomic mass is 9.96. The summed E-state index contributed by atoms with van der Waals surface area (Å²) in [5, 5.41) is 0. The van der Waals surface area contributed by atoms with Gasteiger partial charge in [0.25, 0.3) is 0 Å². The topological polar surface area (TPSA) is 18.5 Å². The standard InChI is InChI=1S/C11H14O2/c1-11(2)10-6-9(12-3)5-4-8(10)7-13-11/h4-6H,7H2,1-3H3. The van der Waals surface area contributed by atoms with Crippen molar-refractivity contribution < 1.29 is 9.47 Å². The highest BCUT2D eigenvalue weighted by Gasteiger charge is 2.30. The van der Waals surface area contributed by atoms with Crippen molar-refractivity contribution in [2.45, 2.75) is 26.1 Å². The monoisotopic (exact) mass is 178 g/mol. The first-order valence-corrected chi connectivity index (χ1v) is 4.45. The lowest BCUT2D eigenvalue weighted by Gasteiger charge is -2.18. The van der Waals surface area contributed by atoms with Crippen LogP contribution in [-0.2, 0) is 16.9 Å². The summed E-state index contributed by atoms with van der Waals surface area (Å²) in [6, 6.07) is 6.11. The summed E-state index contributed by atoms with van der Waals surface area (Å²) in [5.41, 5.74) is 2.35. The van der Waals surface area contributed by atoms with E-state index in [1.165, 1.54) is 11.1 Å². The molecule has 70 valence electrons. The summed E-state index contributed by atoms with van der Waals surface area (Å²) in [4.78, 5) is 0. The average molecular weight is 178 g/mol. The van der Waals surface area contributed by atoms with E-state index in [1.807, 2.05) is 6.07 Å². The third-order valence-corrected chi connectivity index (χ3v) is 2.55. The highest BCUT2D eigenvalue weighted by Crippen LogP contribution is 2.37. The van der Waals surface area contributed by atoms with Crippen LogP contribution in [-0.4, -0.2) is 7.11 Å². The van der Waals surface area contributed by atoms with Crippen molar-refractivity contribution >= 4 is 0 Å². The predicted octanol–water partition coefficient (Wildman–Crippen LogP) is 2.46. The molecule has 1 aliphatic rings. The van der Waals surface area contributed by atoms with E-state index in [-0.39, 0.29) is 5.60 Å². The Kier molecular flexibility index (Phi) is 1.81. The van der Waals surface area contributed by atoms with Gasteiger partial charge in [-0.2, -0.15) is 0 Å². The molecule has 0 amide bonds. The Morgan fingerprint density at radius 1 is 1.38 bits per heavy atom. The van der Waals surface area contributed by atoms with Gasteiger partial charge in [0.2, 0.25) is 0 Å². The second-order valence-corrected chi connectivity index (χ2v) is 3.82. The minimum atomic E-state index is -0.163. The van der Waals surface area contributed by atoms with Crippen molar-refractivity contribution in [3.63, 3.8) is 0 Å². The van der Waals surface area contributed by atoms with Gasteiger partial charge >= 0.3 is 0 Å². The predicted molar refractivity (Wildman–Crippen MR) is 50.8 cm³/mol. The minimum Gasteiger partial charge on any atom is -0.497 e. The van der Waals surface area contributed by atoms with Gasteiger partial charge in [0.15, 0.2) is 0 Å². The van der Waals surface area contributed by atoms with Crippen molar-refractivity contribution in [2.75, 3.05) is 7.11 Å². The fraction of sp³-hybridized carbons (Fsp3) is 0.455. The Labute approximate surface area is 78.5 Å². The van der Waals surface area contributed by atoms with Crippen LogP contribution in [0, 0.1) is 0 Å². The summed E-state index contributed by atoms with van der Waals surface area (Å²) in [6.07, 6.45) is 0. The van der Waals surface area contributed by atoms with Crippen molar-refractivity contribution in [1.29, 1.82) is 0 Å². The third kappa shape index (κ3) is 1.31. The van der Waals surface area contributed by atoms with Crippen LogP contribution in [0.4, 0.5) is 0 Å². The van der Waals surface area contributed by atoms with Gasteiger partial charge in [0, 0.05) is 0 Å². The van der Waals surface area contributed by atoms with Gasteiger partial charge in [0.1, 0.15) is 5.75 Å². The van der Waals surface area contributed by atoms with E-state index in [4.69, 9.17) is 9.47 Å². The zero-order valence-electron chi connectivity index (χ0n) is 8.26. The van der Waals surface area contributed by atoms with Crippen molar-refractivity contribution in [3.05, 3.63) is 29.3 Å². The second-order valence-electron chi connectivity index (χ2n) is 3.82. The number of rotatable bonds is 1. The molecule has 0 spiro atoms. The maximum Gasteiger partial charge on any atom is 0.119 e. The molecule has 0 bridgehead atoms. The van der Waals surface area contributed by atoms with Gasteiger partial charge in [0.05, 0.1) is 19.3 Å². The van der Waals surface area contributed by atoms with E-state index in [2.05, 4.69) is 26.0 Å². The zero-order valence-corrected chi connectivity index (χ0v) is 8.26. The van der Waals surface area contributed by atoms with E-state index >= 15 is 0 Å². The summed E-state index contributed by atoms with van der Waals surface area (Å²) in [5.74, 6) is 0.900. The summed E-state index contributed by atoms with van der Waals surface area (Å²) in [6.45, 7) is 4.88. The van der Waals surface area contributed by atoms with Crippen molar-refractivity contribution in [3.8, 4) is 5.75 Å². The zero-order chi connectivity index (χ0) is 9.47. The number of fused-ring (bicyclic) bond motifs is 1. The molecule has 0 saturated carbocycles. The molecule has 2 heteroatoms. The van der Waals surface area contributed by atoms with Crippen LogP contribution in [0.5, 0.6) is 5.75 Å². The Bertz CT molecular complexity index is 329. The van der Waals surface area contributed by atoms with Gasteiger partial charge in [-0.15, -0.1) is 0 Å². The van der Waals surface area contributed by atoms with Crippen LogP contribution in [0.2, 0.25) is 0 Å². The number of benzene rings is 1. The molecule has 0 radical (unpaired) electrons. The minimum absolute atomic E-state index is 0.163. The molecule has 1 aromatic rings. The number of ether oxygens (including phenoxy) is 2. The Hall–Kier alpha value is -1.02. The Balaban J connectivity index is 2.50. The van der Waals surface area contributed by atoms with E-state index < -0.39 is 0 Å². The molecule has 0 aromatic heterocycles. The van der Waals surface area contributed by atoms with Crippen LogP contribution >= 0.6 is 0 Å². The fourth-order valence-electron chi connectivity index (χ4n) is 1.70. The first-order valence-electron chi connectivity index (χ1n) is 4.45. The van der Waals surface area contributed by atoms with Gasteiger partial charge in [-0.05, 0) is 37.1 Å². The number of hydrogen-bond acceptors (Lipinski definition) is 2.